The quantitative estimate of drug-likeness (QED) is 0.727. The zero-order chi connectivity index (χ0) is 19.4. The number of carbonyl (C=O) groups excluding carboxylic acids is 2. The van der Waals surface area contributed by atoms with Crippen molar-refractivity contribution in [2.24, 2.45) is 11.8 Å². The molecule has 7 heteroatoms. The molecule has 1 N–H and O–H groups in total. The Bertz CT molecular complexity index is 772. The largest absolute Gasteiger partial charge is 0.452 e. The summed E-state index contributed by atoms with van der Waals surface area (Å²) in [6, 6.07) is 2.17. The Morgan fingerprint density at radius 1 is 1.33 bits per heavy atom. The zero-order valence-corrected chi connectivity index (χ0v) is 17.6. The molecule has 0 bridgehead atoms. The lowest BCUT2D eigenvalue weighted by molar-refractivity contribution is -0.154. The lowest BCUT2D eigenvalue weighted by Gasteiger charge is -2.35. The van der Waals surface area contributed by atoms with E-state index in [-0.39, 0.29) is 18.4 Å². The van der Waals surface area contributed by atoms with Crippen LogP contribution in [0.15, 0.2) is 22.2 Å². The average Bonchev–Trinajstić information content (AvgIpc) is 3.30. The van der Waals surface area contributed by atoms with E-state index in [9.17, 15) is 9.59 Å². The molecule has 2 heterocycles. The summed E-state index contributed by atoms with van der Waals surface area (Å²) in [4.78, 5) is 29.1. The summed E-state index contributed by atoms with van der Waals surface area (Å²) in [6.45, 7) is 6.03. The molecular weight excluding hydrogens is 380 g/mol. The molecular formula is C20H26N2O3S2. The Labute approximate surface area is 168 Å². The molecule has 0 saturated heterocycles. The molecule has 0 unspecified atom stereocenters. The molecule has 3 rings (SSSR count). The van der Waals surface area contributed by atoms with Crippen LogP contribution in [-0.4, -0.2) is 29.0 Å². The summed E-state index contributed by atoms with van der Waals surface area (Å²) >= 11 is 3.12. The SMILES string of the molecule is C[C@H]1[C@@H](NC(=O)[C@@H](C)OC(=O)Cc2csc(-c3ccsc3)n2)CCC[C@@H]1C. The van der Waals surface area contributed by atoms with Crippen molar-refractivity contribution >= 4 is 34.6 Å². The minimum atomic E-state index is -0.795. The summed E-state index contributed by atoms with van der Waals surface area (Å²) < 4.78 is 5.34. The monoisotopic (exact) mass is 406 g/mol. The van der Waals surface area contributed by atoms with Crippen molar-refractivity contribution < 1.29 is 14.3 Å². The van der Waals surface area contributed by atoms with Gasteiger partial charge in [0.05, 0.1) is 12.1 Å². The number of nitrogens with one attached hydrogen (secondary N) is 1. The van der Waals surface area contributed by atoms with Crippen LogP contribution in [-0.2, 0) is 20.7 Å². The van der Waals surface area contributed by atoms with Crippen molar-refractivity contribution in [3.63, 3.8) is 0 Å². The summed E-state index contributed by atoms with van der Waals surface area (Å²) in [6.07, 6.45) is 2.61. The number of esters is 1. The van der Waals surface area contributed by atoms with E-state index in [1.807, 2.05) is 22.2 Å². The molecule has 1 fully saturated rings. The number of aromatic nitrogens is 1. The van der Waals surface area contributed by atoms with Crippen LogP contribution in [0.5, 0.6) is 0 Å². The number of rotatable bonds is 6. The second kappa shape index (κ2) is 8.97. The number of thiophene rings is 1. The van der Waals surface area contributed by atoms with E-state index in [1.165, 1.54) is 17.8 Å². The lowest BCUT2D eigenvalue weighted by Crippen LogP contribution is -2.47. The minimum Gasteiger partial charge on any atom is -0.452 e. The second-order valence-corrected chi connectivity index (χ2v) is 8.99. The summed E-state index contributed by atoms with van der Waals surface area (Å²) in [5.41, 5.74) is 1.74. The Hall–Kier alpha value is -1.73. The van der Waals surface area contributed by atoms with Gasteiger partial charge in [-0.05, 0) is 36.6 Å². The number of carbonyl (C=O) groups is 2. The van der Waals surface area contributed by atoms with E-state index < -0.39 is 12.1 Å². The highest BCUT2D eigenvalue weighted by Crippen LogP contribution is 2.29. The van der Waals surface area contributed by atoms with E-state index in [2.05, 4.69) is 24.1 Å². The fourth-order valence-corrected chi connectivity index (χ4v) is 4.96. The molecule has 2 aromatic rings. The van der Waals surface area contributed by atoms with Crippen molar-refractivity contribution in [2.75, 3.05) is 0 Å². The maximum Gasteiger partial charge on any atom is 0.312 e. The highest BCUT2D eigenvalue weighted by atomic mass is 32.1. The van der Waals surface area contributed by atoms with Gasteiger partial charge in [-0.1, -0.05) is 26.7 Å². The van der Waals surface area contributed by atoms with E-state index in [1.54, 1.807) is 18.3 Å². The van der Waals surface area contributed by atoms with Crippen LogP contribution in [0.3, 0.4) is 0 Å². The van der Waals surface area contributed by atoms with E-state index in [0.717, 1.165) is 23.4 Å². The molecule has 0 aromatic carbocycles. The number of amides is 1. The molecule has 1 aliphatic rings. The van der Waals surface area contributed by atoms with Gasteiger partial charge in [-0.2, -0.15) is 11.3 Å². The van der Waals surface area contributed by atoms with Gasteiger partial charge < -0.3 is 10.1 Å². The van der Waals surface area contributed by atoms with Gasteiger partial charge >= 0.3 is 5.97 Å². The number of thiazole rings is 1. The molecule has 1 saturated carbocycles. The van der Waals surface area contributed by atoms with Crippen LogP contribution < -0.4 is 5.32 Å². The van der Waals surface area contributed by atoms with Crippen LogP contribution in [0.1, 0.15) is 45.7 Å². The number of nitrogens with zero attached hydrogens (tertiary/aromatic N) is 1. The molecule has 146 valence electrons. The number of hydrogen-bond acceptors (Lipinski definition) is 6. The first kappa shape index (κ1) is 20.0. The highest BCUT2D eigenvalue weighted by Gasteiger charge is 2.30. The maximum absolute atomic E-state index is 12.4. The lowest BCUT2D eigenvalue weighted by atomic mass is 9.78. The third-order valence-corrected chi connectivity index (χ3v) is 6.98. The second-order valence-electron chi connectivity index (χ2n) is 7.35. The number of ether oxygens (including phenoxy) is 1. The van der Waals surface area contributed by atoms with Crippen LogP contribution in [0.4, 0.5) is 0 Å². The molecule has 4 atom stereocenters. The molecule has 1 aliphatic carbocycles. The van der Waals surface area contributed by atoms with Crippen LogP contribution in [0.2, 0.25) is 0 Å². The predicted octanol–water partition coefficient (Wildman–Crippen LogP) is 4.29. The fourth-order valence-electron chi connectivity index (χ4n) is 3.43. The van der Waals surface area contributed by atoms with Gasteiger partial charge in [0.15, 0.2) is 6.10 Å². The van der Waals surface area contributed by atoms with Crippen LogP contribution in [0, 0.1) is 11.8 Å². The van der Waals surface area contributed by atoms with Gasteiger partial charge in [0, 0.05) is 22.4 Å². The van der Waals surface area contributed by atoms with Crippen molar-refractivity contribution in [1.29, 1.82) is 0 Å². The third kappa shape index (κ3) is 5.17. The van der Waals surface area contributed by atoms with Crippen molar-refractivity contribution in [1.82, 2.24) is 10.3 Å². The normalized spacial score (nSPS) is 23.6. The Morgan fingerprint density at radius 3 is 2.89 bits per heavy atom. The first-order valence-electron chi connectivity index (χ1n) is 9.41. The first-order valence-corrected chi connectivity index (χ1v) is 11.2. The first-order chi connectivity index (χ1) is 12.9. The molecule has 0 aliphatic heterocycles. The van der Waals surface area contributed by atoms with Gasteiger partial charge in [0.2, 0.25) is 0 Å². The topological polar surface area (TPSA) is 68.3 Å². The van der Waals surface area contributed by atoms with Gasteiger partial charge in [-0.15, -0.1) is 11.3 Å². The van der Waals surface area contributed by atoms with Crippen molar-refractivity contribution in [2.45, 2.75) is 58.6 Å². The van der Waals surface area contributed by atoms with E-state index >= 15 is 0 Å². The van der Waals surface area contributed by atoms with Crippen molar-refractivity contribution in [3.05, 3.63) is 27.9 Å². The molecule has 27 heavy (non-hydrogen) atoms. The zero-order valence-electron chi connectivity index (χ0n) is 15.9. The van der Waals surface area contributed by atoms with Crippen LogP contribution in [0.25, 0.3) is 10.6 Å². The number of hydrogen-bond donors (Lipinski definition) is 1. The molecule has 0 spiro atoms. The van der Waals surface area contributed by atoms with Gasteiger partial charge in [-0.25, -0.2) is 4.98 Å². The maximum atomic E-state index is 12.4. The van der Waals surface area contributed by atoms with E-state index in [0.29, 0.717) is 17.5 Å². The van der Waals surface area contributed by atoms with Gasteiger partial charge in [-0.3, -0.25) is 9.59 Å². The van der Waals surface area contributed by atoms with Crippen molar-refractivity contribution in [3.8, 4) is 10.6 Å². The summed E-state index contributed by atoms with van der Waals surface area (Å²) in [5, 5.41) is 9.85. The molecule has 2 aromatic heterocycles. The Balaban J connectivity index is 1.49. The molecule has 1 amide bonds. The third-order valence-electron chi connectivity index (χ3n) is 5.36. The molecule has 0 radical (unpaired) electrons. The highest BCUT2D eigenvalue weighted by molar-refractivity contribution is 7.14. The standard InChI is InChI=1S/C20H26N2O3S2/c1-12-5-4-6-17(13(12)2)22-19(24)14(3)25-18(23)9-16-11-27-20(21-16)15-7-8-26-10-15/h7-8,10-14,17H,4-6,9H2,1-3H3,(H,22,24)/t12-,13+,14+,17-/m0/s1. The van der Waals surface area contributed by atoms with Crippen LogP contribution >= 0.6 is 22.7 Å². The smallest absolute Gasteiger partial charge is 0.312 e. The predicted molar refractivity (Wildman–Crippen MR) is 109 cm³/mol. The molecule has 5 nitrogen and oxygen atoms in total. The van der Waals surface area contributed by atoms with E-state index in [4.69, 9.17) is 4.74 Å². The Kier molecular flexibility index (Phi) is 6.65. The summed E-state index contributed by atoms with van der Waals surface area (Å²) in [7, 11) is 0. The Morgan fingerprint density at radius 2 is 2.15 bits per heavy atom. The minimum absolute atomic E-state index is 0.0785. The summed E-state index contributed by atoms with van der Waals surface area (Å²) in [5.74, 6) is 0.400. The average molecular weight is 407 g/mol. The van der Waals surface area contributed by atoms with Gasteiger partial charge in [0.25, 0.3) is 5.91 Å². The van der Waals surface area contributed by atoms with Gasteiger partial charge in [0.1, 0.15) is 5.01 Å². The fraction of sp³-hybridized carbons (Fsp3) is 0.550.